The molecule has 0 spiro atoms. The summed E-state index contributed by atoms with van der Waals surface area (Å²) in [5.74, 6) is -2.54. The third-order valence-electron chi connectivity index (χ3n) is 3.57. The van der Waals surface area contributed by atoms with Crippen LogP contribution in [0.5, 0.6) is 0 Å². The number of methoxy groups -OCH3 is 1. The van der Waals surface area contributed by atoms with Crippen molar-refractivity contribution in [1.82, 2.24) is 5.32 Å². The third kappa shape index (κ3) is 4.94. The average molecular weight is 285 g/mol. The van der Waals surface area contributed by atoms with E-state index in [2.05, 4.69) is 5.32 Å². The summed E-state index contributed by atoms with van der Waals surface area (Å²) in [6, 6.07) is 0. The Kier molecular flexibility index (Phi) is 6.16. The van der Waals surface area contributed by atoms with Crippen molar-refractivity contribution in [2.45, 2.75) is 31.8 Å². The number of hydrogen-bond acceptors (Lipinski definition) is 4. The number of carbonyl (C=O) groups is 2. The highest BCUT2D eigenvalue weighted by molar-refractivity contribution is 5.85. The lowest BCUT2D eigenvalue weighted by Crippen LogP contribution is -2.45. The molecule has 0 saturated heterocycles. The third-order valence-corrected chi connectivity index (χ3v) is 3.57. The zero-order valence-electron chi connectivity index (χ0n) is 12.0. The lowest BCUT2D eigenvalue weighted by Gasteiger charge is -2.27. The van der Waals surface area contributed by atoms with E-state index in [0.717, 1.165) is 0 Å². The molecule has 114 valence electrons. The minimum Gasteiger partial charge on any atom is -0.481 e. The minimum absolute atomic E-state index is 0.0851. The van der Waals surface area contributed by atoms with Crippen LogP contribution in [0, 0.1) is 11.8 Å². The highest BCUT2D eigenvalue weighted by atomic mass is 16.5. The Morgan fingerprint density at radius 2 is 1.95 bits per heavy atom. The fraction of sp³-hybridized carbons (Fsp3) is 0.714. The van der Waals surface area contributed by atoms with Crippen molar-refractivity contribution >= 4 is 11.9 Å². The van der Waals surface area contributed by atoms with Crippen LogP contribution in [-0.4, -0.2) is 48.0 Å². The van der Waals surface area contributed by atoms with Crippen LogP contribution >= 0.6 is 0 Å². The molecule has 1 amide bonds. The first-order valence-corrected chi connectivity index (χ1v) is 6.74. The van der Waals surface area contributed by atoms with E-state index in [9.17, 15) is 14.7 Å². The first-order valence-electron chi connectivity index (χ1n) is 6.74. The van der Waals surface area contributed by atoms with Crippen molar-refractivity contribution in [3.63, 3.8) is 0 Å². The molecule has 1 aliphatic rings. The number of aliphatic hydroxyl groups is 1. The van der Waals surface area contributed by atoms with Crippen LogP contribution in [0.15, 0.2) is 12.2 Å². The summed E-state index contributed by atoms with van der Waals surface area (Å²) in [5, 5.41) is 21.8. The number of hydrogen-bond donors (Lipinski definition) is 3. The average Bonchev–Trinajstić information content (AvgIpc) is 2.42. The molecule has 0 aromatic carbocycles. The summed E-state index contributed by atoms with van der Waals surface area (Å²) >= 11 is 0. The van der Waals surface area contributed by atoms with Gasteiger partial charge in [-0.05, 0) is 19.8 Å². The number of aliphatic carboxylic acids is 1. The van der Waals surface area contributed by atoms with E-state index >= 15 is 0 Å². The number of nitrogens with one attached hydrogen (secondary N) is 1. The van der Waals surface area contributed by atoms with Crippen LogP contribution in [0.4, 0.5) is 0 Å². The van der Waals surface area contributed by atoms with E-state index in [-0.39, 0.29) is 12.5 Å². The highest BCUT2D eigenvalue weighted by Gasteiger charge is 2.34. The molecule has 6 heteroatoms. The van der Waals surface area contributed by atoms with Gasteiger partial charge in [-0.3, -0.25) is 9.59 Å². The number of rotatable bonds is 7. The predicted molar refractivity (Wildman–Crippen MR) is 73.1 cm³/mol. The first kappa shape index (κ1) is 16.7. The SMILES string of the molecule is COCCC(C)(O)CNC(=O)[C@@H]1CC=CC[C@@H]1C(=O)O. The standard InChI is InChI=1S/C14H23NO5/c1-14(19,7-8-20-2)9-15-12(16)10-5-3-4-6-11(10)13(17)18/h3-4,10-11,19H,5-9H2,1-2H3,(H,15,16)(H,17,18)/t10-,11+,14?/m1/s1. The number of allylic oxidation sites excluding steroid dienone is 2. The van der Waals surface area contributed by atoms with E-state index in [1.807, 2.05) is 6.08 Å². The zero-order valence-corrected chi connectivity index (χ0v) is 12.0. The van der Waals surface area contributed by atoms with Crippen molar-refractivity contribution in [1.29, 1.82) is 0 Å². The Labute approximate surface area is 118 Å². The van der Waals surface area contributed by atoms with Gasteiger partial charge in [0.2, 0.25) is 5.91 Å². The second-order valence-electron chi connectivity index (χ2n) is 5.45. The van der Waals surface area contributed by atoms with Gasteiger partial charge >= 0.3 is 5.97 Å². The topological polar surface area (TPSA) is 95.9 Å². The molecule has 0 radical (unpaired) electrons. The number of ether oxygens (including phenoxy) is 1. The van der Waals surface area contributed by atoms with Crippen LogP contribution in [0.2, 0.25) is 0 Å². The fourth-order valence-electron chi connectivity index (χ4n) is 2.20. The Morgan fingerprint density at radius 1 is 1.35 bits per heavy atom. The maximum Gasteiger partial charge on any atom is 0.307 e. The molecule has 0 aromatic heterocycles. The molecule has 1 unspecified atom stereocenters. The Bertz CT molecular complexity index is 378. The van der Waals surface area contributed by atoms with Gasteiger partial charge in [0.05, 0.1) is 17.4 Å². The van der Waals surface area contributed by atoms with Crippen molar-refractivity contribution in [3.05, 3.63) is 12.2 Å². The summed E-state index contributed by atoms with van der Waals surface area (Å²) in [6.45, 7) is 2.09. The lowest BCUT2D eigenvalue weighted by molar-refractivity contribution is -0.147. The molecule has 0 aromatic rings. The van der Waals surface area contributed by atoms with Gasteiger partial charge in [-0.1, -0.05) is 12.2 Å². The zero-order chi connectivity index (χ0) is 15.2. The van der Waals surface area contributed by atoms with E-state index < -0.39 is 23.4 Å². The second-order valence-corrected chi connectivity index (χ2v) is 5.45. The molecular weight excluding hydrogens is 262 g/mol. The Morgan fingerprint density at radius 3 is 2.50 bits per heavy atom. The summed E-state index contributed by atoms with van der Waals surface area (Å²) in [5.41, 5.74) is -1.06. The van der Waals surface area contributed by atoms with Gasteiger partial charge in [-0.25, -0.2) is 0 Å². The van der Waals surface area contributed by atoms with Crippen LogP contribution in [0.3, 0.4) is 0 Å². The van der Waals surface area contributed by atoms with E-state index in [4.69, 9.17) is 9.84 Å². The molecular formula is C14H23NO5. The van der Waals surface area contributed by atoms with Gasteiger partial charge in [0.25, 0.3) is 0 Å². The maximum absolute atomic E-state index is 12.1. The predicted octanol–water partition coefficient (Wildman–Crippen LogP) is 0.557. The van der Waals surface area contributed by atoms with Crippen LogP contribution in [0.25, 0.3) is 0 Å². The molecule has 0 fully saturated rings. The molecule has 6 nitrogen and oxygen atoms in total. The van der Waals surface area contributed by atoms with Crippen molar-refractivity contribution in [3.8, 4) is 0 Å². The van der Waals surface area contributed by atoms with Crippen molar-refractivity contribution < 1.29 is 24.5 Å². The molecule has 3 N–H and O–H groups in total. The first-order chi connectivity index (χ1) is 9.37. The van der Waals surface area contributed by atoms with Gasteiger partial charge < -0.3 is 20.3 Å². The maximum atomic E-state index is 12.1. The molecule has 1 aliphatic carbocycles. The van der Waals surface area contributed by atoms with Crippen molar-refractivity contribution in [2.24, 2.45) is 11.8 Å². The minimum atomic E-state index is -1.06. The number of amides is 1. The number of carboxylic acid groups (broad SMARTS) is 1. The fourth-order valence-corrected chi connectivity index (χ4v) is 2.20. The quantitative estimate of drug-likeness (QED) is 0.594. The molecule has 0 aliphatic heterocycles. The van der Waals surface area contributed by atoms with Gasteiger partial charge in [-0.15, -0.1) is 0 Å². The molecule has 3 atom stereocenters. The smallest absolute Gasteiger partial charge is 0.307 e. The summed E-state index contributed by atoms with van der Waals surface area (Å²) in [4.78, 5) is 23.2. The van der Waals surface area contributed by atoms with Crippen LogP contribution in [-0.2, 0) is 14.3 Å². The van der Waals surface area contributed by atoms with Gasteiger partial charge in [-0.2, -0.15) is 0 Å². The Hall–Kier alpha value is -1.40. The van der Waals surface area contributed by atoms with E-state index in [0.29, 0.717) is 25.9 Å². The van der Waals surface area contributed by atoms with Crippen molar-refractivity contribution in [2.75, 3.05) is 20.3 Å². The van der Waals surface area contributed by atoms with Crippen LogP contribution in [0.1, 0.15) is 26.2 Å². The molecule has 1 rings (SSSR count). The number of carboxylic acids is 1. The highest BCUT2D eigenvalue weighted by Crippen LogP contribution is 2.26. The molecule has 0 heterocycles. The lowest BCUT2D eigenvalue weighted by atomic mass is 9.82. The normalized spacial score (nSPS) is 24.9. The van der Waals surface area contributed by atoms with Crippen LogP contribution < -0.4 is 5.32 Å². The molecule has 0 bridgehead atoms. The monoisotopic (exact) mass is 285 g/mol. The number of carbonyl (C=O) groups excluding carboxylic acids is 1. The summed E-state index contributed by atoms with van der Waals surface area (Å²) < 4.78 is 4.89. The molecule has 20 heavy (non-hydrogen) atoms. The summed E-state index contributed by atoms with van der Waals surface area (Å²) in [6.07, 6.45) is 4.80. The largest absolute Gasteiger partial charge is 0.481 e. The van der Waals surface area contributed by atoms with Gasteiger partial charge in [0, 0.05) is 26.7 Å². The summed E-state index contributed by atoms with van der Waals surface area (Å²) in [7, 11) is 1.54. The van der Waals surface area contributed by atoms with Gasteiger partial charge in [0.15, 0.2) is 0 Å². The Balaban J connectivity index is 2.53. The second kappa shape index (κ2) is 7.40. The van der Waals surface area contributed by atoms with E-state index in [1.54, 1.807) is 20.1 Å². The van der Waals surface area contributed by atoms with E-state index in [1.165, 1.54) is 0 Å². The van der Waals surface area contributed by atoms with Gasteiger partial charge in [0.1, 0.15) is 0 Å². The molecule has 0 saturated carbocycles.